The fraction of sp³-hybridized carbons (Fsp3) is 0.227. The van der Waals surface area contributed by atoms with Crippen LogP contribution in [0.4, 0.5) is 5.13 Å². The highest BCUT2D eigenvalue weighted by Gasteiger charge is 2.11. The van der Waals surface area contributed by atoms with E-state index in [1.54, 1.807) is 10.6 Å². The molecule has 0 aliphatic heterocycles. The Bertz CT molecular complexity index is 1190. The summed E-state index contributed by atoms with van der Waals surface area (Å²) in [4.78, 5) is 28.7. The van der Waals surface area contributed by atoms with Crippen LogP contribution in [0.2, 0.25) is 0 Å². The number of hydrogen-bond acceptors (Lipinski definition) is 5. The van der Waals surface area contributed by atoms with E-state index in [1.165, 1.54) is 16.9 Å². The van der Waals surface area contributed by atoms with Gasteiger partial charge in [0.15, 0.2) is 10.7 Å². The van der Waals surface area contributed by atoms with Crippen molar-refractivity contribution in [2.45, 2.75) is 32.7 Å². The van der Waals surface area contributed by atoms with Crippen molar-refractivity contribution in [3.63, 3.8) is 0 Å². The number of oxazole rings is 1. The maximum Gasteiger partial charge on any atom is 0.419 e. The normalized spacial score (nSPS) is 11.1. The molecule has 4 aromatic rings. The van der Waals surface area contributed by atoms with E-state index in [0.717, 1.165) is 23.2 Å². The minimum atomic E-state index is -0.398. The number of aryl methyl sites for hydroxylation is 2. The van der Waals surface area contributed by atoms with Gasteiger partial charge in [-0.25, -0.2) is 9.78 Å². The largest absolute Gasteiger partial charge is 0.419 e. The van der Waals surface area contributed by atoms with Gasteiger partial charge in [-0.2, -0.15) is 0 Å². The number of carbonyl (C=O) groups is 1. The highest BCUT2D eigenvalue weighted by Crippen LogP contribution is 2.25. The highest BCUT2D eigenvalue weighted by atomic mass is 32.1. The Morgan fingerprint density at radius 3 is 2.76 bits per heavy atom. The molecule has 1 N–H and O–H groups in total. The number of benzene rings is 2. The third-order valence-corrected chi connectivity index (χ3v) is 5.53. The molecule has 0 aliphatic carbocycles. The molecule has 0 unspecified atom stereocenters. The van der Waals surface area contributed by atoms with Crippen LogP contribution in [0.1, 0.15) is 25.3 Å². The Labute approximate surface area is 171 Å². The second-order valence-corrected chi connectivity index (χ2v) is 7.59. The summed E-state index contributed by atoms with van der Waals surface area (Å²) in [6.45, 7) is 2.55. The third kappa shape index (κ3) is 4.30. The van der Waals surface area contributed by atoms with Gasteiger partial charge in [0, 0.05) is 23.9 Å². The van der Waals surface area contributed by atoms with Crippen LogP contribution >= 0.6 is 11.3 Å². The van der Waals surface area contributed by atoms with Crippen LogP contribution in [-0.4, -0.2) is 15.5 Å². The molecule has 0 radical (unpaired) electrons. The Balaban J connectivity index is 1.33. The molecule has 1 amide bonds. The van der Waals surface area contributed by atoms with Crippen molar-refractivity contribution in [3.05, 3.63) is 70.0 Å². The fourth-order valence-electron chi connectivity index (χ4n) is 3.18. The molecule has 2 aromatic carbocycles. The molecule has 29 heavy (non-hydrogen) atoms. The first-order valence-electron chi connectivity index (χ1n) is 9.57. The van der Waals surface area contributed by atoms with Crippen molar-refractivity contribution >= 4 is 33.5 Å². The lowest BCUT2D eigenvalue weighted by Gasteiger charge is -2.03. The molecule has 0 aliphatic rings. The molecule has 7 heteroatoms. The summed E-state index contributed by atoms with van der Waals surface area (Å²) in [6, 6.07) is 15.6. The third-order valence-electron chi connectivity index (χ3n) is 4.77. The number of carbonyl (C=O) groups excluding carboxylic acids is 1. The van der Waals surface area contributed by atoms with Crippen LogP contribution in [0.5, 0.6) is 0 Å². The van der Waals surface area contributed by atoms with Crippen molar-refractivity contribution in [2.75, 3.05) is 5.32 Å². The van der Waals surface area contributed by atoms with E-state index in [0.29, 0.717) is 30.1 Å². The molecule has 2 heterocycles. The molecule has 148 valence electrons. The number of amides is 1. The molecular formula is C22H21N3O3S. The van der Waals surface area contributed by atoms with Crippen molar-refractivity contribution < 1.29 is 9.21 Å². The summed E-state index contributed by atoms with van der Waals surface area (Å²) in [5.41, 5.74) is 4.47. The first kappa shape index (κ1) is 19.1. The quantitative estimate of drug-likeness (QED) is 0.482. The molecule has 0 saturated heterocycles. The minimum Gasteiger partial charge on any atom is -0.408 e. The molecule has 6 nitrogen and oxygen atoms in total. The molecule has 0 saturated carbocycles. The van der Waals surface area contributed by atoms with Crippen LogP contribution in [-0.2, 0) is 17.8 Å². The number of nitrogens with one attached hydrogen (secondary N) is 1. The van der Waals surface area contributed by atoms with Gasteiger partial charge in [0.05, 0.1) is 11.2 Å². The smallest absolute Gasteiger partial charge is 0.408 e. The van der Waals surface area contributed by atoms with Gasteiger partial charge in [-0.3, -0.25) is 9.36 Å². The standard InChI is InChI=1S/C22H21N3O3S/c1-2-15-9-11-16(12-10-15)17-14-29-21(23-17)24-20(26)8-5-13-25-18-6-3-4-7-19(18)28-22(25)27/h3-4,6-7,9-12,14H,2,5,8,13H2,1H3,(H,23,24,26). The van der Waals surface area contributed by atoms with Crippen LogP contribution in [0, 0.1) is 0 Å². The summed E-state index contributed by atoms with van der Waals surface area (Å²) >= 11 is 1.40. The first-order valence-corrected chi connectivity index (χ1v) is 10.4. The zero-order chi connectivity index (χ0) is 20.2. The number of para-hydroxylation sites is 2. The SMILES string of the molecule is CCc1ccc(-c2csc(NC(=O)CCCn3c(=O)oc4ccccc43)n2)cc1. The monoisotopic (exact) mass is 407 g/mol. The number of aromatic nitrogens is 2. The zero-order valence-corrected chi connectivity index (χ0v) is 16.9. The number of thiazole rings is 1. The highest BCUT2D eigenvalue weighted by molar-refractivity contribution is 7.14. The van der Waals surface area contributed by atoms with Crippen LogP contribution < -0.4 is 11.1 Å². The van der Waals surface area contributed by atoms with E-state index >= 15 is 0 Å². The predicted molar refractivity (Wildman–Crippen MR) is 115 cm³/mol. The lowest BCUT2D eigenvalue weighted by Crippen LogP contribution is -2.17. The van der Waals surface area contributed by atoms with E-state index in [2.05, 4.69) is 29.4 Å². The maximum atomic E-state index is 12.3. The summed E-state index contributed by atoms with van der Waals surface area (Å²) < 4.78 is 6.77. The van der Waals surface area contributed by atoms with Crippen molar-refractivity contribution in [1.29, 1.82) is 0 Å². The van der Waals surface area contributed by atoms with Gasteiger partial charge in [0.1, 0.15) is 0 Å². The van der Waals surface area contributed by atoms with E-state index in [4.69, 9.17) is 4.42 Å². The van der Waals surface area contributed by atoms with Gasteiger partial charge in [-0.05, 0) is 30.5 Å². The number of fused-ring (bicyclic) bond motifs is 1. The van der Waals surface area contributed by atoms with Gasteiger partial charge in [0.25, 0.3) is 0 Å². The van der Waals surface area contributed by atoms with Crippen molar-refractivity contribution in [1.82, 2.24) is 9.55 Å². The Morgan fingerprint density at radius 1 is 1.17 bits per heavy atom. The lowest BCUT2D eigenvalue weighted by molar-refractivity contribution is -0.116. The van der Waals surface area contributed by atoms with Crippen LogP contribution in [0.25, 0.3) is 22.4 Å². The van der Waals surface area contributed by atoms with E-state index < -0.39 is 5.76 Å². The molecule has 4 rings (SSSR count). The molecule has 0 atom stereocenters. The summed E-state index contributed by atoms with van der Waals surface area (Å²) in [6.07, 6.45) is 1.83. The van der Waals surface area contributed by atoms with Gasteiger partial charge in [0.2, 0.25) is 5.91 Å². The van der Waals surface area contributed by atoms with Crippen LogP contribution in [0.3, 0.4) is 0 Å². The minimum absolute atomic E-state index is 0.118. The second-order valence-electron chi connectivity index (χ2n) is 6.73. The van der Waals surface area contributed by atoms with E-state index in [9.17, 15) is 9.59 Å². The Hall–Kier alpha value is -3.19. The lowest BCUT2D eigenvalue weighted by atomic mass is 10.1. The molecule has 2 aromatic heterocycles. The van der Waals surface area contributed by atoms with E-state index in [-0.39, 0.29) is 5.91 Å². The Kier molecular flexibility index (Phi) is 5.57. The molecular weight excluding hydrogens is 386 g/mol. The predicted octanol–water partition coefficient (Wildman–Crippen LogP) is 4.70. The average molecular weight is 407 g/mol. The van der Waals surface area contributed by atoms with Crippen molar-refractivity contribution in [3.8, 4) is 11.3 Å². The van der Waals surface area contributed by atoms with Gasteiger partial charge in [-0.15, -0.1) is 11.3 Å². The average Bonchev–Trinajstić information content (AvgIpc) is 3.32. The molecule has 0 bridgehead atoms. The van der Waals surface area contributed by atoms with Gasteiger partial charge >= 0.3 is 5.76 Å². The van der Waals surface area contributed by atoms with E-state index in [1.807, 2.05) is 35.7 Å². The Morgan fingerprint density at radius 2 is 1.97 bits per heavy atom. The zero-order valence-electron chi connectivity index (χ0n) is 16.1. The van der Waals surface area contributed by atoms with Gasteiger partial charge < -0.3 is 9.73 Å². The summed E-state index contributed by atoms with van der Waals surface area (Å²) in [5, 5.41) is 5.36. The maximum absolute atomic E-state index is 12.3. The number of rotatable bonds is 7. The number of hydrogen-bond donors (Lipinski definition) is 1. The van der Waals surface area contributed by atoms with Crippen molar-refractivity contribution in [2.24, 2.45) is 0 Å². The second kappa shape index (κ2) is 8.45. The van der Waals surface area contributed by atoms with Crippen LogP contribution in [0.15, 0.2) is 63.1 Å². The first-order chi connectivity index (χ1) is 14.1. The molecule has 0 fully saturated rings. The summed E-state index contributed by atoms with van der Waals surface area (Å²) in [7, 11) is 0. The summed E-state index contributed by atoms with van der Waals surface area (Å²) in [5.74, 6) is -0.515. The fourth-order valence-corrected chi connectivity index (χ4v) is 3.92. The van der Waals surface area contributed by atoms with Gasteiger partial charge in [-0.1, -0.05) is 43.3 Å². The molecule has 0 spiro atoms. The number of nitrogens with zero attached hydrogens (tertiary/aromatic N) is 2. The topological polar surface area (TPSA) is 77.1 Å². The number of anilines is 1.